The van der Waals surface area contributed by atoms with Crippen molar-refractivity contribution >= 4 is 17.3 Å². The van der Waals surface area contributed by atoms with Crippen molar-refractivity contribution in [3.8, 4) is 11.5 Å². The Morgan fingerprint density at radius 3 is 2.68 bits per heavy atom. The molecule has 0 spiro atoms. The summed E-state index contributed by atoms with van der Waals surface area (Å²) in [7, 11) is 0. The molecule has 0 atom stereocenters. The number of aromatic nitrogens is 2. The molecule has 11 heteroatoms. The molecule has 9 nitrogen and oxygen atoms in total. The number of aryl methyl sites for hydroxylation is 1. The number of benzene rings is 1. The highest BCUT2D eigenvalue weighted by Crippen LogP contribution is 2.42. The lowest BCUT2D eigenvalue weighted by atomic mass is 10.2. The van der Waals surface area contributed by atoms with Crippen LogP contribution in [0.3, 0.4) is 0 Å². The van der Waals surface area contributed by atoms with Gasteiger partial charge >= 0.3 is 12.0 Å². The molecule has 0 fully saturated rings. The zero-order valence-electron chi connectivity index (χ0n) is 13.1. The van der Waals surface area contributed by atoms with Crippen LogP contribution in [-0.2, 0) is 11.3 Å². The molecule has 0 saturated heterocycles. The molecule has 0 aliphatic carbocycles. The molecule has 1 aromatic heterocycles. The van der Waals surface area contributed by atoms with Crippen LogP contribution >= 0.6 is 0 Å². The molecule has 0 radical (unpaired) electrons. The maximum Gasteiger partial charge on any atom is 0.586 e. The molecule has 3 rings (SSSR count). The summed E-state index contributed by atoms with van der Waals surface area (Å²) in [6, 6.07) is 3.79. The Labute approximate surface area is 139 Å². The summed E-state index contributed by atoms with van der Waals surface area (Å²) in [6.07, 6.45) is -3.74. The lowest BCUT2D eigenvalue weighted by molar-refractivity contribution is -0.386. The molecule has 1 amide bonds. The van der Waals surface area contributed by atoms with E-state index in [-0.39, 0.29) is 40.8 Å². The van der Waals surface area contributed by atoms with E-state index in [2.05, 4.69) is 19.9 Å². The number of anilines is 1. The Kier molecular flexibility index (Phi) is 3.78. The number of rotatable bonds is 4. The third-order valence-electron chi connectivity index (χ3n) is 3.50. The van der Waals surface area contributed by atoms with Crippen LogP contribution in [0.25, 0.3) is 0 Å². The number of fused-ring (bicyclic) bond motifs is 1. The first-order valence-corrected chi connectivity index (χ1v) is 7.04. The van der Waals surface area contributed by atoms with Gasteiger partial charge in [-0.05, 0) is 26.0 Å². The molecule has 1 aliphatic rings. The molecule has 0 unspecified atom stereocenters. The van der Waals surface area contributed by atoms with Gasteiger partial charge in [0.1, 0.15) is 17.9 Å². The predicted octanol–water partition coefficient (Wildman–Crippen LogP) is 2.37. The second kappa shape index (κ2) is 5.69. The number of nitro groups is 1. The second-order valence-corrected chi connectivity index (χ2v) is 5.31. The minimum atomic E-state index is -3.74. The summed E-state index contributed by atoms with van der Waals surface area (Å²) in [5.74, 6) is -0.882. The number of carbonyl (C=O) groups is 1. The predicted molar refractivity (Wildman–Crippen MR) is 79.6 cm³/mol. The Morgan fingerprint density at radius 2 is 2.04 bits per heavy atom. The quantitative estimate of drug-likeness (QED) is 0.667. The van der Waals surface area contributed by atoms with Crippen molar-refractivity contribution in [2.24, 2.45) is 0 Å². The van der Waals surface area contributed by atoms with E-state index in [1.807, 2.05) is 0 Å². The van der Waals surface area contributed by atoms with Crippen LogP contribution in [0.5, 0.6) is 11.5 Å². The topological polar surface area (TPSA) is 109 Å². The van der Waals surface area contributed by atoms with Crippen molar-refractivity contribution in [2.45, 2.75) is 26.7 Å². The van der Waals surface area contributed by atoms with Crippen LogP contribution < -0.4 is 14.8 Å². The number of hydrogen-bond donors (Lipinski definition) is 1. The fraction of sp³-hybridized carbons (Fsp3) is 0.286. The van der Waals surface area contributed by atoms with Gasteiger partial charge < -0.3 is 14.8 Å². The minimum Gasteiger partial charge on any atom is -0.395 e. The number of carbonyl (C=O) groups excluding carboxylic acids is 1. The number of nitrogens with zero attached hydrogens (tertiary/aromatic N) is 3. The fourth-order valence-electron chi connectivity index (χ4n) is 2.47. The molecule has 2 aromatic rings. The SMILES string of the molecule is Cc1nn(CC(=O)Nc2ccc3c(c2)OC(F)(F)O3)c(C)c1[N+](=O)[O-]. The molecular formula is C14H12F2N4O5. The van der Waals surface area contributed by atoms with Crippen LogP contribution in [-0.4, -0.2) is 26.9 Å². The Hall–Kier alpha value is -3.24. The van der Waals surface area contributed by atoms with Crippen LogP contribution in [0.1, 0.15) is 11.4 Å². The lowest BCUT2D eigenvalue weighted by Gasteiger charge is -2.07. The monoisotopic (exact) mass is 354 g/mol. The average Bonchev–Trinajstić information content (AvgIpc) is 2.93. The normalized spacial score (nSPS) is 14.4. The molecule has 25 heavy (non-hydrogen) atoms. The average molecular weight is 354 g/mol. The third kappa shape index (κ3) is 3.20. The molecule has 1 N–H and O–H groups in total. The van der Waals surface area contributed by atoms with Gasteiger partial charge in [0.05, 0.1) is 4.92 Å². The Balaban J connectivity index is 1.72. The summed E-state index contributed by atoms with van der Waals surface area (Å²) in [6.45, 7) is 2.68. The van der Waals surface area contributed by atoms with Gasteiger partial charge in [0.15, 0.2) is 11.5 Å². The van der Waals surface area contributed by atoms with Gasteiger partial charge in [-0.15, -0.1) is 8.78 Å². The summed E-state index contributed by atoms with van der Waals surface area (Å²) >= 11 is 0. The van der Waals surface area contributed by atoms with Crippen molar-refractivity contribution in [2.75, 3.05) is 5.32 Å². The minimum absolute atomic E-state index is 0.142. The van der Waals surface area contributed by atoms with Crippen LogP contribution in [0.15, 0.2) is 18.2 Å². The van der Waals surface area contributed by atoms with Crippen LogP contribution in [0.2, 0.25) is 0 Å². The highest BCUT2D eigenvalue weighted by atomic mass is 19.3. The van der Waals surface area contributed by atoms with Gasteiger partial charge in [-0.1, -0.05) is 0 Å². The molecule has 1 aromatic carbocycles. The van der Waals surface area contributed by atoms with E-state index in [4.69, 9.17) is 0 Å². The van der Waals surface area contributed by atoms with Gasteiger partial charge in [-0.3, -0.25) is 19.6 Å². The maximum atomic E-state index is 13.0. The van der Waals surface area contributed by atoms with Crippen molar-refractivity contribution < 1.29 is 28.0 Å². The molecule has 0 bridgehead atoms. The van der Waals surface area contributed by atoms with E-state index in [0.717, 1.165) is 0 Å². The molecule has 0 saturated carbocycles. The number of ether oxygens (including phenoxy) is 2. The molecule has 132 valence electrons. The van der Waals surface area contributed by atoms with Crippen molar-refractivity contribution in [3.63, 3.8) is 0 Å². The van der Waals surface area contributed by atoms with Crippen molar-refractivity contribution in [3.05, 3.63) is 39.7 Å². The molecule has 1 aliphatic heterocycles. The highest BCUT2D eigenvalue weighted by molar-refractivity contribution is 5.91. The van der Waals surface area contributed by atoms with Gasteiger partial charge in [-0.2, -0.15) is 5.10 Å². The summed E-state index contributed by atoms with van der Waals surface area (Å²) in [5.41, 5.74) is 0.489. The van der Waals surface area contributed by atoms with Crippen LogP contribution in [0.4, 0.5) is 20.2 Å². The largest absolute Gasteiger partial charge is 0.586 e. The van der Waals surface area contributed by atoms with Crippen molar-refractivity contribution in [1.82, 2.24) is 9.78 Å². The van der Waals surface area contributed by atoms with E-state index in [1.54, 1.807) is 0 Å². The number of amides is 1. The van der Waals surface area contributed by atoms with E-state index >= 15 is 0 Å². The van der Waals surface area contributed by atoms with Gasteiger partial charge in [-0.25, -0.2) is 0 Å². The fourth-order valence-corrected chi connectivity index (χ4v) is 2.47. The molecular weight excluding hydrogens is 342 g/mol. The highest BCUT2D eigenvalue weighted by Gasteiger charge is 2.43. The number of nitrogens with one attached hydrogen (secondary N) is 1. The lowest BCUT2D eigenvalue weighted by Crippen LogP contribution is -2.25. The summed E-state index contributed by atoms with van der Waals surface area (Å²) in [5, 5.41) is 17.4. The standard InChI is InChI=1S/C14H12F2N4O5/c1-7-13(20(22)23)8(2)19(18-7)6-12(21)17-9-3-4-10-11(5-9)25-14(15,16)24-10/h3-5H,6H2,1-2H3,(H,17,21). The van der Waals surface area contributed by atoms with Crippen molar-refractivity contribution in [1.29, 1.82) is 0 Å². The number of halogens is 2. The smallest absolute Gasteiger partial charge is 0.395 e. The third-order valence-corrected chi connectivity index (χ3v) is 3.50. The van der Waals surface area contributed by atoms with Crippen LogP contribution in [0, 0.1) is 24.0 Å². The van der Waals surface area contributed by atoms with E-state index in [0.29, 0.717) is 0 Å². The Bertz CT molecular complexity index is 880. The van der Waals surface area contributed by atoms with E-state index in [1.165, 1.54) is 36.7 Å². The summed E-state index contributed by atoms with van der Waals surface area (Å²) < 4.78 is 35.7. The second-order valence-electron chi connectivity index (χ2n) is 5.31. The zero-order chi connectivity index (χ0) is 18.4. The first-order valence-electron chi connectivity index (χ1n) is 7.04. The summed E-state index contributed by atoms with van der Waals surface area (Å²) in [4.78, 5) is 22.5. The van der Waals surface area contributed by atoms with Gasteiger partial charge in [0, 0.05) is 11.8 Å². The first kappa shape index (κ1) is 16.6. The molecule has 2 heterocycles. The number of hydrogen-bond acceptors (Lipinski definition) is 6. The van der Waals surface area contributed by atoms with Gasteiger partial charge in [0.2, 0.25) is 5.91 Å². The Morgan fingerprint density at radius 1 is 1.36 bits per heavy atom. The van der Waals surface area contributed by atoms with E-state index < -0.39 is 17.1 Å². The van der Waals surface area contributed by atoms with E-state index in [9.17, 15) is 23.7 Å². The first-order chi connectivity index (χ1) is 11.7. The number of alkyl halides is 2. The van der Waals surface area contributed by atoms with Gasteiger partial charge in [0.25, 0.3) is 0 Å². The maximum absolute atomic E-state index is 13.0. The zero-order valence-corrected chi connectivity index (χ0v) is 13.1.